The molecule has 0 saturated carbocycles. The van der Waals surface area contributed by atoms with Gasteiger partial charge in [-0.05, 0) is 0 Å². The first kappa shape index (κ1) is 13.6. The molecule has 0 unspecified atom stereocenters. The van der Waals surface area contributed by atoms with Gasteiger partial charge in [0.05, 0.1) is 0 Å². The first-order valence-corrected chi connectivity index (χ1v) is 11.1. The van der Waals surface area contributed by atoms with Gasteiger partial charge in [0, 0.05) is 0 Å². The molecule has 0 bridgehead atoms. The predicted molar refractivity (Wildman–Crippen MR) is 103 cm³/mol. The van der Waals surface area contributed by atoms with Crippen LogP contribution in [0.25, 0.3) is 33.5 Å². The molecule has 2 aromatic heterocycles. The molecule has 3 aromatic carbocycles. The minimum absolute atomic E-state index is 0.941. The minimum atomic E-state index is -1.71. The molecule has 2 nitrogen and oxygen atoms in total. The molecular weight excluding hydrogens is 371 g/mol. The monoisotopic (exact) mass is 384 g/mol. The Morgan fingerprint density at radius 2 is 1.00 bits per heavy atom. The summed E-state index contributed by atoms with van der Waals surface area (Å²) in [6, 6.07) is 27.5. The summed E-state index contributed by atoms with van der Waals surface area (Å²) in [5.74, 6) is 1.88. The van der Waals surface area contributed by atoms with Gasteiger partial charge in [-0.25, -0.2) is 0 Å². The molecule has 6 rings (SSSR count). The van der Waals surface area contributed by atoms with E-state index in [1.54, 1.807) is 0 Å². The molecule has 118 valence electrons. The van der Waals surface area contributed by atoms with Crippen molar-refractivity contribution in [1.29, 1.82) is 0 Å². The fourth-order valence-corrected chi connectivity index (χ4v) is 9.56. The summed E-state index contributed by atoms with van der Waals surface area (Å²) in [7, 11) is 0. The van der Waals surface area contributed by atoms with Gasteiger partial charge in [0.15, 0.2) is 0 Å². The summed E-state index contributed by atoms with van der Waals surface area (Å²) >= 11 is -1.71. The molecule has 3 heteroatoms. The van der Waals surface area contributed by atoms with E-state index in [-0.39, 0.29) is 0 Å². The van der Waals surface area contributed by atoms with Gasteiger partial charge in [0.1, 0.15) is 0 Å². The Hall–Kier alpha value is -2.70. The first-order chi connectivity index (χ1) is 12.4. The first-order valence-electron chi connectivity index (χ1n) is 8.30. The quantitative estimate of drug-likeness (QED) is 0.405. The second-order valence-corrected chi connectivity index (χ2v) is 10.6. The van der Waals surface area contributed by atoms with E-state index in [0.29, 0.717) is 0 Å². The SMILES string of the molecule is c1ccc([As]2c3c(oc4ccccc34)-c3oc4ccccc4c32)cc1. The average molecular weight is 384 g/mol. The second-order valence-electron chi connectivity index (χ2n) is 6.22. The zero-order valence-corrected chi connectivity index (χ0v) is 15.1. The Bertz CT molecular complexity index is 1170. The summed E-state index contributed by atoms with van der Waals surface area (Å²) in [5.41, 5.74) is 1.91. The maximum absolute atomic E-state index is 6.26. The third-order valence-electron chi connectivity index (χ3n) is 4.81. The summed E-state index contributed by atoms with van der Waals surface area (Å²) in [5, 5.41) is 2.47. The normalized spacial score (nSPS) is 13.4. The van der Waals surface area contributed by atoms with Crippen LogP contribution in [-0.2, 0) is 0 Å². The van der Waals surface area contributed by atoms with E-state index in [1.807, 2.05) is 24.3 Å². The van der Waals surface area contributed by atoms with Crippen LogP contribution in [0.1, 0.15) is 0 Å². The van der Waals surface area contributed by atoms with Crippen LogP contribution >= 0.6 is 0 Å². The van der Waals surface area contributed by atoms with E-state index in [2.05, 4.69) is 54.6 Å². The van der Waals surface area contributed by atoms with Gasteiger partial charge >= 0.3 is 149 Å². The molecule has 0 saturated heterocycles. The van der Waals surface area contributed by atoms with Crippen molar-refractivity contribution in [3.63, 3.8) is 0 Å². The van der Waals surface area contributed by atoms with Crippen LogP contribution in [0.3, 0.4) is 0 Å². The Morgan fingerprint density at radius 3 is 1.56 bits per heavy atom. The van der Waals surface area contributed by atoms with Gasteiger partial charge in [0.2, 0.25) is 0 Å². The van der Waals surface area contributed by atoms with Gasteiger partial charge in [0.25, 0.3) is 0 Å². The number of furan rings is 2. The van der Waals surface area contributed by atoms with E-state index >= 15 is 0 Å². The van der Waals surface area contributed by atoms with E-state index in [4.69, 9.17) is 8.83 Å². The van der Waals surface area contributed by atoms with Gasteiger partial charge in [-0.15, -0.1) is 0 Å². The van der Waals surface area contributed by atoms with Crippen molar-refractivity contribution >= 4 is 49.6 Å². The fraction of sp³-hybridized carbons (Fsp3) is 0. The third-order valence-corrected chi connectivity index (χ3v) is 10.3. The number of fused-ring (bicyclic) bond motifs is 7. The second kappa shape index (κ2) is 4.90. The summed E-state index contributed by atoms with van der Waals surface area (Å²) in [4.78, 5) is 0. The number of hydrogen-bond acceptors (Lipinski definition) is 2. The third kappa shape index (κ3) is 1.75. The number of benzene rings is 3. The van der Waals surface area contributed by atoms with Crippen LogP contribution in [0, 0.1) is 0 Å². The standard InChI is InChI=1S/C22H13AsO2/c1-2-8-14(9-3-1)23-19-15-10-4-6-12-17(15)24-21(19)22-20(23)16-11-5-7-13-18(16)25-22/h1-13H. The molecular formula is C22H13AsO2. The molecule has 25 heavy (non-hydrogen) atoms. The van der Waals surface area contributed by atoms with Crippen molar-refractivity contribution in [3.05, 3.63) is 78.9 Å². The van der Waals surface area contributed by atoms with E-state index in [1.165, 1.54) is 23.8 Å². The summed E-state index contributed by atoms with van der Waals surface area (Å²) in [6.07, 6.45) is 0. The molecule has 0 fully saturated rings. The van der Waals surface area contributed by atoms with Gasteiger partial charge in [-0.1, -0.05) is 0 Å². The van der Waals surface area contributed by atoms with Crippen molar-refractivity contribution < 1.29 is 8.83 Å². The van der Waals surface area contributed by atoms with E-state index in [0.717, 1.165) is 22.7 Å². The van der Waals surface area contributed by atoms with Crippen LogP contribution in [0.15, 0.2) is 87.7 Å². The van der Waals surface area contributed by atoms with Gasteiger partial charge < -0.3 is 0 Å². The molecule has 5 aromatic rings. The molecule has 0 N–H and O–H groups in total. The van der Waals surface area contributed by atoms with Crippen LogP contribution < -0.4 is 13.1 Å². The number of para-hydroxylation sites is 2. The zero-order chi connectivity index (χ0) is 16.4. The number of hydrogen-bond donors (Lipinski definition) is 0. The van der Waals surface area contributed by atoms with Gasteiger partial charge in [-0.2, -0.15) is 0 Å². The number of rotatable bonds is 1. The maximum atomic E-state index is 6.26. The van der Waals surface area contributed by atoms with Crippen molar-refractivity contribution in [1.82, 2.24) is 0 Å². The Kier molecular flexibility index (Phi) is 2.66. The van der Waals surface area contributed by atoms with Crippen molar-refractivity contribution in [2.24, 2.45) is 0 Å². The molecule has 0 atom stereocenters. The van der Waals surface area contributed by atoms with Gasteiger partial charge in [-0.3, -0.25) is 0 Å². The average Bonchev–Trinajstić information content (AvgIpc) is 3.30. The van der Waals surface area contributed by atoms with Crippen molar-refractivity contribution in [3.8, 4) is 11.5 Å². The van der Waals surface area contributed by atoms with E-state index < -0.39 is 14.7 Å². The van der Waals surface area contributed by atoms with E-state index in [9.17, 15) is 0 Å². The Labute approximate surface area is 148 Å². The van der Waals surface area contributed by atoms with Crippen LogP contribution in [-0.4, -0.2) is 14.7 Å². The summed E-state index contributed by atoms with van der Waals surface area (Å²) < 4.78 is 16.7. The molecule has 0 amide bonds. The van der Waals surface area contributed by atoms with Crippen LogP contribution in [0.2, 0.25) is 0 Å². The zero-order valence-electron chi connectivity index (χ0n) is 13.3. The Balaban J connectivity index is 1.78. The molecule has 0 aliphatic carbocycles. The molecule has 0 radical (unpaired) electrons. The van der Waals surface area contributed by atoms with Crippen LogP contribution in [0.4, 0.5) is 0 Å². The summed E-state index contributed by atoms with van der Waals surface area (Å²) in [6.45, 7) is 0. The topological polar surface area (TPSA) is 26.3 Å². The van der Waals surface area contributed by atoms with Crippen molar-refractivity contribution in [2.45, 2.75) is 0 Å². The molecule has 1 aliphatic heterocycles. The molecule has 1 aliphatic rings. The fourth-order valence-electron chi connectivity index (χ4n) is 3.76. The van der Waals surface area contributed by atoms with Crippen LogP contribution in [0.5, 0.6) is 0 Å². The molecule has 0 spiro atoms. The predicted octanol–water partition coefficient (Wildman–Crippen LogP) is 3.68. The van der Waals surface area contributed by atoms with Crippen molar-refractivity contribution in [2.75, 3.05) is 0 Å². The Morgan fingerprint density at radius 1 is 0.520 bits per heavy atom. The molecule has 3 heterocycles.